The van der Waals surface area contributed by atoms with Crippen molar-refractivity contribution in [2.24, 2.45) is 0 Å². The van der Waals surface area contributed by atoms with Crippen molar-refractivity contribution in [3.05, 3.63) is 22.7 Å². The van der Waals surface area contributed by atoms with Gasteiger partial charge in [-0.25, -0.2) is 13.1 Å². The number of halogens is 1. The Bertz CT molecular complexity index is 506. The number of nitrogens with one attached hydrogen (secondary N) is 1. The smallest absolute Gasteiger partial charge is 0.240 e. The third-order valence-electron chi connectivity index (χ3n) is 2.38. The fourth-order valence-corrected chi connectivity index (χ4v) is 2.76. The molecule has 0 radical (unpaired) electrons. The van der Waals surface area contributed by atoms with Crippen molar-refractivity contribution in [3.63, 3.8) is 0 Å². The zero-order valence-corrected chi connectivity index (χ0v) is 13.3. The third kappa shape index (κ3) is 5.48. The first-order valence-electron chi connectivity index (χ1n) is 6.10. The molecule has 1 aromatic rings. The van der Waals surface area contributed by atoms with E-state index in [9.17, 15) is 8.42 Å². The van der Waals surface area contributed by atoms with Crippen molar-refractivity contribution in [2.75, 3.05) is 25.5 Å². The molecule has 7 heteroatoms. The lowest BCUT2D eigenvalue weighted by Gasteiger charge is -2.08. The molecule has 0 spiro atoms. The van der Waals surface area contributed by atoms with Gasteiger partial charge in [0.1, 0.15) is 0 Å². The van der Waals surface area contributed by atoms with Crippen LogP contribution in [0, 0.1) is 0 Å². The molecule has 0 unspecified atom stereocenters. The van der Waals surface area contributed by atoms with Crippen LogP contribution in [0.25, 0.3) is 0 Å². The molecule has 1 aromatic carbocycles. The minimum absolute atomic E-state index is 0.169. The maximum Gasteiger partial charge on any atom is 0.240 e. The fraction of sp³-hybridized carbons (Fsp3) is 0.500. The monoisotopic (exact) mass is 350 g/mol. The molecule has 0 aliphatic carbocycles. The summed E-state index contributed by atoms with van der Waals surface area (Å²) in [5.74, 6) is 0. The van der Waals surface area contributed by atoms with Crippen LogP contribution in [0.4, 0.5) is 5.69 Å². The molecule has 19 heavy (non-hydrogen) atoms. The highest BCUT2D eigenvalue weighted by molar-refractivity contribution is 9.10. The van der Waals surface area contributed by atoms with Crippen LogP contribution in [0.2, 0.25) is 0 Å². The Kier molecular flexibility index (Phi) is 6.78. The third-order valence-corrected chi connectivity index (χ3v) is 4.56. The molecule has 0 bridgehead atoms. The van der Waals surface area contributed by atoms with Crippen LogP contribution < -0.4 is 10.5 Å². The number of nitrogens with two attached hydrogens (primary N) is 1. The maximum absolute atomic E-state index is 12.0. The Morgan fingerprint density at radius 3 is 2.74 bits per heavy atom. The Labute approximate surface area is 122 Å². The van der Waals surface area contributed by atoms with Gasteiger partial charge in [-0.3, -0.25) is 0 Å². The Morgan fingerprint density at radius 2 is 2.11 bits per heavy atom. The lowest BCUT2D eigenvalue weighted by atomic mass is 10.3. The van der Waals surface area contributed by atoms with Gasteiger partial charge in [0.25, 0.3) is 0 Å². The first-order chi connectivity index (χ1) is 8.97. The average molecular weight is 351 g/mol. The van der Waals surface area contributed by atoms with Gasteiger partial charge in [-0.1, -0.05) is 6.92 Å². The number of sulfonamides is 1. The number of nitrogen functional groups attached to an aromatic ring is 1. The molecule has 0 aliphatic heterocycles. The molecule has 0 heterocycles. The summed E-state index contributed by atoms with van der Waals surface area (Å²) in [5, 5.41) is 0. The Morgan fingerprint density at radius 1 is 1.37 bits per heavy atom. The molecule has 0 amide bonds. The number of ether oxygens (including phenoxy) is 1. The normalized spacial score (nSPS) is 11.7. The van der Waals surface area contributed by atoms with Crippen molar-refractivity contribution in [1.82, 2.24) is 4.72 Å². The summed E-state index contributed by atoms with van der Waals surface area (Å²) in [6.07, 6.45) is 1.61. The largest absolute Gasteiger partial charge is 0.398 e. The molecule has 108 valence electrons. The van der Waals surface area contributed by atoms with E-state index in [1.54, 1.807) is 6.07 Å². The lowest BCUT2D eigenvalue weighted by Crippen LogP contribution is -2.25. The van der Waals surface area contributed by atoms with Gasteiger partial charge in [-0.15, -0.1) is 0 Å². The second-order valence-electron chi connectivity index (χ2n) is 4.05. The molecule has 0 saturated carbocycles. The van der Waals surface area contributed by atoms with E-state index in [0.717, 1.165) is 6.42 Å². The molecule has 0 atom stereocenters. The quantitative estimate of drug-likeness (QED) is 0.555. The van der Waals surface area contributed by atoms with Crippen molar-refractivity contribution in [2.45, 2.75) is 24.7 Å². The van der Waals surface area contributed by atoms with Crippen LogP contribution in [0.5, 0.6) is 0 Å². The molecule has 0 fully saturated rings. The van der Waals surface area contributed by atoms with E-state index in [4.69, 9.17) is 10.5 Å². The zero-order valence-electron chi connectivity index (χ0n) is 10.9. The van der Waals surface area contributed by atoms with Crippen molar-refractivity contribution in [1.29, 1.82) is 0 Å². The second kappa shape index (κ2) is 7.84. The molecule has 3 N–H and O–H groups in total. The van der Waals surface area contributed by atoms with E-state index in [1.807, 2.05) is 6.92 Å². The van der Waals surface area contributed by atoms with Gasteiger partial charge in [0.05, 0.1) is 4.90 Å². The highest BCUT2D eigenvalue weighted by Crippen LogP contribution is 2.22. The standard InChI is InChI=1S/C12H19BrN2O3S/c1-2-7-18-8-3-6-15-19(16,17)10-4-5-11(13)12(14)9-10/h4-5,9,15H,2-3,6-8,14H2,1H3. The number of hydrogen-bond acceptors (Lipinski definition) is 4. The predicted octanol–water partition coefficient (Wildman–Crippen LogP) is 2.13. The van der Waals surface area contributed by atoms with Crippen LogP contribution in [-0.2, 0) is 14.8 Å². The Hall–Kier alpha value is -0.630. The fourth-order valence-electron chi connectivity index (χ4n) is 1.40. The van der Waals surface area contributed by atoms with Crippen molar-refractivity contribution >= 4 is 31.6 Å². The number of benzene rings is 1. The summed E-state index contributed by atoms with van der Waals surface area (Å²) in [6.45, 7) is 3.64. The topological polar surface area (TPSA) is 81.4 Å². The minimum Gasteiger partial charge on any atom is -0.398 e. The first kappa shape index (κ1) is 16.4. The van der Waals surface area contributed by atoms with Crippen LogP contribution in [-0.4, -0.2) is 28.2 Å². The van der Waals surface area contributed by atoms with Crippen LogP contribution in [0.15, 0.2) is 27.6 Å². The highest BCUT2D eigenvalue weighted by Gasteiger charge is 2.14. The van der Waals surface area contributed by atoms with E-state index < -0.39 is 10.0 Å². The highest BCUT2D eigenvalue weighted by atomic mass is 79.9. The maximum atomic E-state index is 12.0. The van der Waals surface area contributed by atoms with E-state index in [0.29, 0.717) is 36.3 Å². The Balaban J connectivity index is 2.49. The summed E-state index contributed by atoms with van der Waals surface area (Å²) in [5.41, 5.74) is 6.07. The van der Waals surface area contributed by atoms with Crippen LogP contribution in [0.1, 0.15) is 19.8 Å². The molecule has 0 saturated heterocycles. The lowest BCUT2D eigenvalue weighted by molar-refractivity contribution is 0.133. The van der Waals surface area contributed by atoms with Gasteiger partial charge in [0, 0.05) is 29.9 Å². The molecular weight excluding hydrogens is 332 g/mol. The van der Waals surface area contributed by atoms with Gasteiger partial charge >= 0.3 is 0 Å². The van der Waals surface area contributed by atoms with Crippen LogP contribution >= 0.6 is 15.9 Å². The van der Waals surface area contributed by atoms with E-state index in [-0.39, 0.29) is 4.90 Å². The summed E-state index contributed by atoms with van der Waals surface area (Å²) in [6, 6.07) is 4.56. The van der Waals surface area contributed by atoms with Crippen LogP contribution in [0.3, 0.4) is 0 Å². The van der Waals surface area contributed by atoms with Gasteiger partial charge in [-0.05, 0) is 47.0 Å². The van der Waals surface area contributed by atoms with E-state index in [2.05, 4.69) is 20.7 Å². The summed E-state index contributed by atoms with van der Waals surface area (Å²) < 4.78 is 32.4. The summed E-state index contributed by atoms with van der Waals surface area (Å²) in [7, 11) is -3.50. The minimum atomic E-state index is -3.50. The average Bonchev–Trinajstić information content (AvgIpc) is 2.36. The first-order valence-corrected chi connectivity index (χ1v) is 8.37. The molecule has 1 rings (SSSR count). The van der Waals surface area contributed by atoms with Crippen molar-refractivity contribution < 1.29 is 13.2 Å². The SMILES string of the molecule is CCCOCCCNS(=O)(=O)c1ccc(Br)c(N)c1. The predicted molar refractivity (Wildman–Crippen MR) is 79.5 cm³/mol. The van der Waals surface area contributed by atoms with Gasteiger partial charge in [0.2, 0.25) is 10.0 Å². The number of hydrogen-bond donors (Lipinski definition) is 2. The summed E-state index contributed by atoms with van der Waals surface area (Å²) in [4.78, 5) is 0.169. The number of rotatable bonds is 8. The van der Waals surface area contributed by atoms with E-state index in [1.165, 1.54) is 12.1 Å². The van der Waals surface area contributed by atoms with Crippen molar-refractivity contribution in [3.8, 4) is 0 Å². The molecule has 0 aromatic heterocycles. The number of anilines is 1. The molecule has 0 aliphatic rings. The second-order valence-corrected chi connectivity index (χ2v) is 6.67. The van der Waals surface area contributed by atoms with Gasteiger partial charge < -0.3 is 10.5 Å². The zero-order chi connectivity index (χ0) is 14.3. The molecule has 5 nitrogen and oxygen atoms in total. The molecular formula is C12H19BrN2O3S. The van der Waals surface area contributed by atoms with Gasteiger partial charge in [-0.2, -0.15) is 0 Å². The summed E-state index contributed by atoms with van der Waals surface area (Å²) >= 11 is 3.23. The van der Waals surface area contributed by atoms with Gasteiger partial charge in [0.15, 0.2) is 0 Å². The van der Waals surface area contributed by atoms with E-state index >= 15 is 0 Å².